The molecule has 4 N–H and O–H groups in total. The predicted octanol–water partition coefficient (Wildman–Crippen LogP) is -0.227. The van der Waals surface area contributed by atoms with Crippen LogP contribution >= 0.6 is 0 Å². The number of nitrogens with two attached hydrogens (primary N) is 1. The summed E-state index contributed by atoms with van der Waals surface area (Å²) in [6.07, 6.45) is 1.59. The number of carbonyl (C=O) groups excluding carboxylic acids is 2. The molecule has 7 nitrogen and oxygen atoms in total. The Bertz CT molecular complexity index is 487. The van der Waals surface area contributed by atoms with Crippen molar-refractivity contribution >= 4 is 17.8 Å². The van der Waals surface area contributed by atoms with Crippen LogP contribution in [0, 0.1) is 0 Å². The lowest BCUT2D eigenvalue weighted by Gasteiger charge is -2.13. The summed E-state index contributed by atoms with van der Waals surface area (Å²) in [5.41, 5.74) is 4.61. The highest BCUT2D eigenvalue weighted by molar-refractivity contribution is 6.04. The number of carboxylic acids is 1. The van der Waals surface area contributed by atoms with Crippen LogP contribution in [0.15, 0.2) is 18.3 Å². The molecule has 0 spiro atoms. The zero-order chi connectivity index (χ0) is 13.7. The minimum Gasteiger partial charge on any atom is -0.476 e. The van der Waals surface area contributed by atoms with Gasteiger partial charge in [-0.25, -0.2) is 9.78 Å². The minimum absolute atomic E-state index is 0.107. The number of amides is 2. The van der Waals surface area contributed by atoms with Crippen LogP contribution in [0.1, 0.15) is 34.2 Å². The van der Waals surface area contributed by atoms with Gasteiger partial charge in [-0.05, 0) is 18.6 Å². The second kappa shape index (κ2) is 5.76. The van der Waals surface area contributed by atoms with Crippen molar-refractivity contribution in [1.29, 1.82) is 0 Å². The van der Waals surface area contributed by atoms with Gasteiger partial charge in [0.05, 0.1) is 5.56 Å². The Balaban J connectivity index is 2.97. The Morgan fingerprint density at radius 1 is 1.50 bits per heavy atom. The molecule has 0 fully saturated rings. The first-order valence-electron chi connectivity index (χ1n) is 5.25. The van der Waals surface area contributed by atoms with Crippen molar-refractivity contribution in [2.45, 2.75) is 19.4 Å². The molecule has 1 aromatic rings. The van der Waals surface area contributed by atoms with Crippen molar-refractivity contribution in [2.75, 3.05) is 0 Å². The van der Waals surface area contributed by atoms with Gasteiger partial charge in [0.1, 0.15) is 6.04 Å². The first kappa shape index (κ1) is 13.6. The third kappa shape index (κ3) is 3.03. The van der Waals surface area contributed by atoms with E-state index in [1.165, 1.54) is 18.3 Å². The maximum Gasteiger partial charge on any atom is 0.355 e. The van der Waals surface area contributed by atoms with Gasteiger partial charge < -0.3 is 16.2 Å². The van der Waals surface area contributed by atoms with E-state index in [1.54, 1.807) is 6.92 Å². The Morgan fingerprint density at radius 2 is 2.17 bits per heavy atom. The van der Waals surface area contributed by atoms with Crippen LogP contribution in [0.5, 0.6) is 0 Å². The molecular weight excluding hydrogens is 238 g/mol. The third-order valence-electron chi connectivity index (χ3n) is 2.31. The van der Waals surface area contributed by atoms with Crippen molar-refractivity contribution in [2.24, 2.45) is 5.73 Å². The maximum absolute atomic E-state index is 11.8. The van der Waals surface area contributed by atoms with Crippen LogP contribution in [0.25, 0.3) is 0 Å². The van der Waals surface area contributed by atoms with Gasteiger partial charge in [-0.15, -0.1) is 0 Å². The number of nitrogens with zero attached hydrogens (tertiary/aromatic N) is 1. The molecule has 1 heterocycles. The van der Waals surface area contributed by atoms with Crippen LogP contribution in [0.2, 0.25) is 0 Å². The number of aromatic carboxylic acids is 1. The van der Waals surface area contributed by atoms with Crippen molar-refractivity contribution < 1.29 is 19.5 Å². The summed E-state index contributed by atoms with van der Waals surface area (Å²) in [5.74, 6) is -2.68. The Morgan fingerprint density at radius 3 is 2.67 bits per heavy atom. The number of hydrogen-bond acceptors (Lipinski definition) is 4. The van der Waals surface area contributed by atoms with Crippen molar-refractivity contribution in [3.63, 3.8) is 0 Å². The molecule has 0 bridgehead atoms. The van der Waals surface area contributed by atoms with E-state index < -0.39 is 23.8 Å². The fraction of sp³-hybridized carbons (Fsp3) is 0.273. The van der Waals surface area contributed by atoms with Crippen LogP contribution < -0.4 is 11.1 Å². The first-order valence-corrected chi connectivity index (χ1v) is 5.25. The number of rotatable bonds is 5. The summed E-state index contributed by atoms with van der Waals surface area (Å²) in [6, 6.07) is 1.92. The van der Waals surface area contributed by atoms with E-state index in [1.807, 2.05) is 0 Å². The number of carbonyl (C=O) groups is 3. The zero-order valence-electron chi connectivity index (χ0n) is 9.71. The lowest BCUT2D eigenvalue weighted by atomic mass is 10.1. The maximum atomic E-state index is 11.8. The number of carboxylic acid groups (broad SMARTS) is 1. The van der Waals surface area contributed by atoms with E-state index in [2.05, 4.69) is 10.3 Å². The molecule has 7 heteroatoms. The summed E-state index contributed by atoms with van der Waals surface area (Å²) >= 11 is 0. The van der Waals surface area contributed by atoms with Crippen molar-refractivity contribution in [1.82, 2.24) is 10.3 Å². The molecule has 1 unspecified atom stereocenters. The highest BCUT2D eigenvalue weighted by atomic mass is 16.4. The van der Waals surface area contributed by atoms with Crippen molar-refractivity contribution in [3.8, 4) is 0 Å². The van der Waals surface area contributed by atoms with Crippen LogP contribution in [0.3, 0.4) is 0 Å². The second-order valence-electron chi connectivity index (χ2n) is 3.54. The molecule has 1 rings (SSSR count). The number of pyridine rings is 1. The molecule has 0 aliphatic carbocycles. The highest BCUT2D eigenvalue weighted by Gasteiger charge is 2.21. The normalized spacial score (nSPS) is 11.6. The number of aromatic nitrogens is 1. The van der Waals surface area contributed by atoms with E-state index in [0.717, 1.165) is 0 Å². The molecule has 0 saturated carbocycles. The standard InChI is InChI=1S/C11H13N3O4/c1-2-7(9(12)15)14-10(16)6-4-3-5-13-8(6)11(17)18/h3-5,7H,2H2,1H3,(H2,12,15)(H,14,16)(H,17,18). The van der Waals surface area contributed by atoms with Gasteiger partial charge >= 0.3 is 5.97 Å². The average Bonchev–Trinajstić information content (AvgIpc) is 2.35. The Hall–Kier alpha value is -2.44. The van der Waals surface area contributed by atoms with Gasteiger partial charge in [0.25, 0.3) is 5.91 Å². The predicted molar refractivity (Wildman–Crippen MR) is 61.9 cm³/mol. The fourth-order valence-corrected chi connectivity index (χ4v) is 1.37. The quantitative estimate of drug-likeness (QED) is 0.667. The molecule has 1 atom stereocenters. The summed E-state index contributed by atoms with van der Waals surface area (Å²) in [7, 11) is 0. The number of nitrogens with one attached hydrogen (secondary N) is 1. The Kier molecular flexibility index (Phi) is 4.36. The van der Waals surface area contributed by atoms with Crippen LogP contribution in [0.4, 0.5) is 0 Å². The summed E-state index contributed by atoms with van der Waals surface area (Å²) in [5, 5.41) is 11.2. The lowest BCUT2D eigenvalue weighted by Crippen LogP contribution is -2.44. The van der Waals surface area contributed by atoms with E-state index >= 15 is 0 Å². The first-order chi connectivity index (χ1) is 8.47. The molecule has 0 radical (unpaired) electrons. The summed E-state index contributed by atoms with van der Waals surface area (Å²) in [6.45, 7) is 1.68. The molecule has 96 valence electrons. The average molecular weight is 251 g/mol. The number of hydrogen-bond donors (Lipinski definition) is 3. The molecule has 18 heavy (non-hydrogen) atoms. The van der Waals surface area contributed by atoms with Crippen LogP contribution in [-0.4, -0.2) is 33.9 Å². The van der Waals surface area contributed by atoms with E-state index in [9.17, 15) is 14.4 Å². The van der Waals surface area contributed by atoms with Gasteiger partial charge in [-0.1, -0.05) is 6.92 Å². The fourth-order valence-electron chi connectivity index (χ4n) is 1.37. The van der Waals surface area contributed by atoms with Gasteiger partial charge in [-0.3, -0.25) is 9.59 Å². The molecule has 0 aliphatic heterocycles. The largest absolute Gasteiger partial charge is 0.476 e. The zero-order valence-corrected chi connectivity index (χ0v) is 9.71. The van der Waals surface area contributed by atoms with E-state index in [-0.39, 0.29) is 11.3 Å². The summed E-state index contributed by atoms with van der Waals surface area (Å²) in [4.78, 5) is 37.3. The van der Waals surface area contributed by atoms with Gasteiger partial charge in [0.2, 0.25) is 5.91 Å². The topological polar surface area (TPSA) is 122 Å². The molecule has 1 aromatic heterocycles. The SMILES string of the molecule is CCC(NC(=O)c1cccnc1C(=O)O)C(N)=O. The second-order valence-corrected chi connectivity index (χ2v) is 3.54. The highest BCUT2D eigenvalue weighted by Crippen LogP contribution is 2.06. The smallest absolute Gasteiger partial charge is 0.355 e. The van der Waals surface area contributed by atoms with Crippen molar-refractivity contribution in [3.05, 3.63) is 29.6 Å². The summed E-state index contributed by atoms with van der Waals surface area (Å²) < 4.78 is 0. The lowest BCUT2D eigenvalue weighted by molar-refractivity contribution is -0.119. The van der Waals surface area contributed by atoms with Gasteiger partial charge in [0.15, 0.2) is 5.69 Å². The minimum atomic E-state index is -1.31. The van der Waals surface area contributed by atoms with Crippen LogP contribution in [-0.2, 0) is 4.79 Å². The molecule has 0 aliphatic rings. The molecule has 0 aromatic carbocycles. The van der Waals surface area contributed by atoms with E-state index in [4.69, 9.17) is 10.8 Å². The number of primary amides is 1. The molecular formula is C11H13N3O4. The van der Waals surface area contributed by atoms with Gasteiger partial charge in [-0.2, -0.15) is 0 Å². The molecule has 2 amide bonds. The monoisotopic (exact) mass is 251 g/mol. The Labute approximate surface area is 103 Å². The van der Waals surface area contributed by atoms with Gasteiger partial charge in [0, 0.05) is 6.20 Å². The molecule has 0 saturated heterocycles. The van der Waals surface area contributed by atoms with E-state index in [0.29, 0.717) is 6.42 Å². The third-order valence-corrected chi connectivity index (χ3v) is 2.31.